The van der Waals surface area contributed by atoms with Gasteiger partial charge >= 0.3 is 0 Å². The quantitative estimate of drug-likeness (QED) is 0.510. The molecule has 6 nitrogen and oxygen atoms in total. The molecule has 0 aliphatic carbocycles. The fourth-order valence-electron chi connectivity index (χ4n) is 2.72. The SMILES string of the molecule is CCn1c(SCc2ccc(F)cc2)nnc1[C@@H](C)NS(=O)(=O)c1ccc(Cl)cc1. The minimum absolute atomic E-state index is 0.127. The average molecular weight is 455 g/mol. The molecule has 29 heavy (non-hydrogen) atoms. The summed E-state index contributed by atoms with van der Waals surface area (Å²) >= 11 is 7.29. The van der Waals surface area contributed by atoms with Crippen molar-refractivity contribution < 1.29 is 12.8 Å². The van der Waals surface area contributed by atoms with E-state index < -0.39 is 16.1 Å². The Balaban J connectivity index is 1.74. The molecule has 10 heteroatoms. The standard InChI is InChI=1S/C19H20ClFN4O2S2/c1-3-25-18(13(2)24-29(26,27)17-10-6-15(20)7-11-17)22-23-19(25)28-12-14-4-8-16(21)9-5-14/h4-11,13,24H,3,12H2,1-2H3/t13-/m1/s1. The second-order valence-corrected chi connectivity index (χ2v) is 9.39. The van der Waals surface area contributed by atoms with E-state index in [-0.39, 0.29) is 10.7 Å². The first-order valence-corrected chi connectivity index (χ1v) is 11.7. The summed E-state index contributed by atoms with van der Waals surface area (Å²) in [6.07, 6.45) is 0. The number of nitrogens with one attached hydrogen (secondary N) is 1. The molecule has 1 heterocycles. The predicted octanol–water partition coefficient (Wildman–Crippen LogP) is 4.42. The molecule has 0 amide bonds. The van der Waals surface area contributed by atoms with Crippen LogP contribution in [-0.2, 0) is 22.3 Å². The number of sulfonamides is 1. The van der Waals surface area contributed by atoms with E-state index >= 15 is 0 Å². The first-order chi connectivity index (χ1) is 13.8. The van der Waals surface area contributed by atoms with Gasteiger partial charge in [-0.2, -0.15) is 0 Å². The van der Waals surface area contributed by atoms with Crippen LogP contribution in [0.25, 0.3) is 0 Å². The second-order valence-electron chi connectivity index (χ2n) is 6.30. The lowest BCUT2D eigenvalue weighted by Gasteiger charge is -2.15. The number of thioether (sulfide) groups is 1. The van der Waals surface area contributed by atoms with Crippen molar-refractivity contribution in [3.63, 3.8) is 0 Å². The van der Waals surface area contributed by atoms with Gasteiger partial charge in [-0.15, -0.1) is 10.2 Å². The molecule has 0 spiro atoms. The van der Waals surface area contributed by atoms with Crippen molar-refractivity contribution in [2.75, 3.05) is 0 Å². The van der Waals surface area contributed by atoms with Crippen LogP contribution in [0.4, 0.5) is 4.39 Å². The maximum absolute atomic E-state index is 13.0. The Morgan fingerprint density at radius 2 is 1.79 bits per heavy atom. The minimum atomic E-state index is -3.73. The van der Waals surface area contributed by atoms with E-state index in [9.17, 15) is 12.8 Å². The normalized spacial score (nSPS) is 12.8. The Labute approximate surface area is 178 Å². The summed E-state index contributed by atoms with van der Waals surface area (Å²) in [6, 6.07) is 11.6. The minimum Gasteiger partial charge on any atom is -0.305 e. The van der Waals surface area contributed by atoms with Crippen LogP contribution < -0.4 is 4.72 Å². The predicted molar refractivity (Wildman–Crippen MR) is 112 cm³/mol. The van der Waals surface area contributed by atoms with Gasteiger partial charge in [0.15, 0.2) is 11.0 Å². The number of hydrogen-bond acceptors (Lipinski definition) is 5. The highest BCUT2D eigenvalue weighted by Crippen LogP contribution is 2.25. The molecule has 0 radical (unpaired) electrons. The third-order valence-electron chi connectivity index (χ3n) is 4.19. The van der Waals surface area contributed by atoms with E-state index in [1.165, 1.54) is 48.2 Å². The van der Waals surface area contributed by atoms with E-state index in [2.05, 4.69) is 14.9 Å². The molecule has 0 bridgehead atoms. The van der Waals surface area contributed by atoms with Crippen molar-refractivity contribution in [1.82, 2.24) is 19.5 Å². The molecule has 0 saturated heterocycles. The van der Waals surface area contributed by atoms with Gasteiger partial charge in [-0.1, -0.05) is 35.5 Å². The van der Waals surface area contributed by atoms with E-state index in [0.717, 1.165) is 5.56 Å². The van der Waals surface area contributed by atoms with Crippen molar-refractivity contribution >= 4 is 33.4 Å². The highest BCUT2D eigenvalue weighted by molar-refractivity contribution is 7.98. The van der Waals surface area contributed by atoms with Crippen molar-refractivity contribution in [3.8, 4) is 0 Å². The van der Waals surface area contributed by atoms with Gasteiger partial charge < -0.3 is 4.57 Å². The summed E-state index contributed by atoms with van der Waals surface area (Å²) < 4.78 is 42.8. The molecule has 3 aromatic rings. The number of benzene rings is 2. The summed E-state index contributed by atoms with van der Waals surface area (Å²) in [7, 11) is -3.73. The van der Waals surface area contributed by atoms with Gasteiger partial charge in [-0.25, -0.2) is 17.5 Å². The fourth-order valence-corrected chi connectivity index (χ4v) is 5.01. The zero-order valence-corrected chi connectivity index (χ0v) is 18.2. The van der Waals surface area contributed by atoms with E-state index in [1.807, 2.05) is 11.5 Å². The largest absolute Gasteiger partial charge is 0.305 e. The summed E-state index contributed by atoms with van der Waals surface area (Å²) in [5.74, 6) is 0.842. The first kappa shape index (κ1) is 21.8. The Bertz CT molecular complexity index is 1070. The van der Waals surface area contributed by atoms with Gasteiger partial charge in [-0.3, -0.25) is 0 Å². The molecule has 0 aliphatic rings. The number of hydrogen-bond donors (Lipinski definition) is 1. The highest BCUT2D eigenvalue weighted by Gasteiger charge is 2.23. The topological polar surface area (TPSA) is 76.9 Å². The van der Waals surface area contributed by atoms with Crippen LogP contribution in [0.1, 0.15) is 31.3 Å². The average Bonchev–Trinajstić information content (AvgIpc) is 3.10. The second kappa shape index (κ2) is 9.25. The summed E-state index contributed by atoms with van der Waals surface area (Å²) in [6.45, 7) is 4.24. The zero-order chi connectivity index (χ0) is 21.0. The van der Waals surface area contributed by atoms with Gasteiger partial charge in [0, 0.05) is 17.3 Å². The smallest absolute Gasteiger partial charge is 0.241 e. The molecule has 154 valence electrons. The molecular weight excluding hydrogens is 435 g/mol. The van der Waals surface area contributed by atoms with Crippen LogP contribution in [0, 0.1) is 5.82 Å². The molecule has 3 rings (SSSR count). The molecular formula is C19H20ClFN4O2S2. The molecule has 0 aliphatic heterocycles. The molecule has 0 fully saturated rings. The van der Waals surface area contributed by atoms with Crippen LogP contribution in [0.15, 0.2) is 58.6 Å². The number of aromatic nitrogens is 3. The molecule has 1 atom stereocenters. The third kappa shape index (κ3) is 5.36. The van der Waals surface area contributed by atoms with Gasteiger partial charge in [0.2, 0.25) is 10.0 Å². The third-order valence-corrected chi connectivity index (χ3v) is 7.03. The molecule has 1 N–H and O–H groups in total. The van der Waals surface area contributed by atoms with Crippen molar-refractivity contribution in [2.24, 2.45) is 0 Å². The van der Waals surface area contributed by atoms with Crippen LogP contribution in [0.2, 0.25) is 5.02 Å². The highest BCUT2D eigenvalue weighted by atomic mass is 35.5. The van der Waals surface area contributed by atoms with Gasteiger partial charge in [-0.05, 0) is 55.8 Å². The Hall–Kier alpha value is -1.94. The number of rotatable bonds is 8. The van der Waals surface area contributed by atoms with Crippen LogP contribution in [0.5, 0.6) is 0 Å². The first-order valence-electron chi connectivity index (χ1n) is 8.88. The van der Waals surface area contributed by atoms with Crippen molar-refractivity contribution in [2.45, 2.75) is 42.2 Å². The monoisotopic (exact) mass is 454 g/mol. The zero-order valence-electron chi connectivity index (χ0n) is 15.8. The molecule has 0 unspecified atom stereocenters. The Kier molecular flexibility index (Phi) is 6.94. The van der Waals surface area contributed by atoms with Crippen molar-refractivity contribution in [1.29, 1.82) is 0 Å². The van der Waals surface area contributed by atoms with E-state index in [4.69, 9.17) is 11.6 Å². The van der Waals surface area contributed by atoms with Gasteiger partial charge in [0.25, 0.3) is 0 Å². The van der Waals surface area contributed by atoms with Crippen LogP contribution in [0.3, 0.4) is 0 Å². The van der Waals surface area contributed by atoms with E-state index in [1.54, 1.807) is 19.1 Å². The van der Waals surface area contributed by atoms with Gasteiger partial charge in [0.1, 0.15) is 5.82 Å². The van der Waals surface area contributed by atoms with Crippen LogP contribution in [-0.4, -0.2) is 23.2 Å². The lowest BCUT2D eigenvalue weighted by atomic mass is 10.2. The van der Waals surface area contributed by atoms with Gasteiger partial charge in [0.05, 0.1) is 10.9 Å². The molecule has 0 saturated carbocycles. The summed E-state index contributed by atoms with van der Waals surface area (Å²) in [5, 5.41) is 9.53. The lowest BCUT2D eigenvalue weighted by molar-refractivity contribution is 0.539. The molecule has 2 aromatic carbocycles. The van der Waals surface area contributed by atoms with Crippen molar-refractivity contribution in [3.05, 3.63) is 70.8 Å². The van der Waals surface area contributed by atoms with E-state index in [0.29, 0.717) is 28.3 Å². The molecule has 1 aromatic heterocycles. The summed E-state index contributed by atoms with van der Waals surface area (Å²) in [5.41, 5.74) is 0.958. The maximum atomic E-state index is 13.0. The Morgan fingerprint density at radius 1 is 1.14 bits per heavy atom. The lowest BCUT2D eigenvalue weighted by Crippen LogP contribution is -2.29. The number of nitrogens with zero attached hydrogens (tertiary/aromatic N) is 3. The Morgan fingerprint density at radius 3 is 2.41 bits per heavy atom. The number of halogens is 2. The summed E-state index contributed by atoms with van der Waals surface area (Å²) in [4.78, 5) is 0.127. The van der Waals surface area contributed by atoms with Crippen LogP contribution >= 0.6 is 23.4 Å². The fraction of sp³-hybridized carbons (Fsp3) is 0.263. The maximum Gasteiger partial charge on any atom is 0.241 e.